The lowest BCUT2D eigenvalue weighted by Gasteiger charge is -2.22. The van der Waals surface area contributed by atoms with Crippen molar-refractivity contribution in [2.45, 2.75) is 65.1 Å². The number of hydrogen-bond acceptors (Lipinski definition) is 4. The predicted octanol–water partition coefficient (Wildman–Crippen LogP) is 2.30. The summed E-state index contributed by atoms with van der Waals surface area (Å²) in [6.07, 6.45) is 1.53. The molecule has 0 aromatic carbocycles. The fraction of sp³-hybridized carbons (Fsp3) is 0.929. The molecule has 0 spiro atoms. The maximum absolute atomic E-state index is 11.6. The Labute approximate surface area is 117 Å². The molecule has 5 nitrogen and oxygen atoms in total. The summed E-state index contributed by atoms with van der Waals surface area (Å²) in [4.78, 5) is 11.6. The Morgan fingerprint density at radius 1 is 1.32 bits per heavy atom. The first-order valence-corrected chi connectivity index (χ1v) is 7.00. The predicted molar refractivity (Wildman–Crippen MR) is 77.4 cm³/mol. The fourth-order valence-corrected chi connectivity index (χ4v) is 1.61. The average Bonchev–Trinajstić information content (AvgIpc) is 2.24. The largest absolute Gasteiger partial charge is 0.444 e. The van der Waals surface area contributed by atoms with Crippen molar-refractivity contribution in [3.8, 4) is 0 Å². The quantitative estimate of drug-likeness (QED) is 0.713. The molecule has 0 radical (unpaired) electrons. The van der Waals surface area contributed by atoms with Crippen molar-refractivity contribution in [3.63, 3.8) is 0 Å². The Kier molecular flexibility index (Phi) is 8.76. The SMILES string of the molecule is CCC(COC)NCCC(C)NC(=O)OC(C)(C)C. The summed E-state index contributed by atoms with van der Waals surface area (Å²) in [6, 6.07) is 0.459. The Morgan fingerprint density at radius 3 is 2.42 bits per heavy atom. The van der Waals surface area contributed by atoms with Gasteiger partial charge in [0.15, 0.2) is 0 Å². The molecule has 0 bridgehead atoms. The molecule has 114 valence electrons. The van der Waals surface area contributed by atoms with Crippen LogP contribution in [-0.4, -0.2) is 44.0 Å². The maximum Gasteiger partial charge on any atom is 0.407 e. The van der Waals surface area contributed by atoms with Gasteiger partial charge in [-0.2, -0.15) is 0 Å². The second-order valence-electron chi connectivity index (χ2n) is 5.85. The lowest BCUT2D eigenvalue weighted by Crippen LogP contribution is -2.40. The molecule has 2 atom stereocenters. The van der Waals surface area contributed by atoms with Gasteiger partial charge in [-0.25, -0.2) is 4.79 Å². The highest BCUT2D eigenvalue weighted by molar-refractivity contribution is 5.67. The number of alkyl carbamates (subject to hydrolysis) is 1. The summed E-state index contributed by atoms with van der Waals surface area (Å²) in [5.74, 6) is 0. The zero-order chi connectivity index (χ0) is 14.9. The Hall–Kier alpha value is -0.810. The van der Waals surface area contributed by atoms with E-state index in [4.69, 9.17) is 9.47 Å². The van der Waals surface area contributed by atoms with Crippen LogP contribution in [0.3, 0.4) is 0 Å². The van der Waals surface area contributed by atoms with Crippen LogP contribution >= 0.6 is 0 Å². The zero-order valence-electron chi connectivity index (χ0n) is 13.2. The second-order valence-corrected chi connectivity index (χ2v) is 5.85. The van der Waals surface area contributed by atoms with Crippen LogP contribution in [0.2, 0.25) is 0 Å². The third kappa shape index (κ3) is 10.8. The van der Waals surface area contributed by atoms with Gasteiger partial charge in [0, 0.05) is 19.2 Å². The molecule has 0 rings (SSSR count). The van der Waals surface area contributed by atoms with Gasteiger partial charge in [0.25, 0.3) is 0 Å². The monoisotopic (exact) mass is 274 g/mol. The standard InChI is InChI=1S/C14H30N2O3/c1-7-12(10-18-6)15-9-8-11(2)16-13(17)19-14(3,4)5/h11-12,15H,7-10H2,1-6H3,(H,16,17). The van der Waals surface area contributed by atoms with Crippen LogP contribution in [-0.2, 0) is 9.47 Å². The van der Waals surface area contributed by atoms with Crippen molar-refractivity contribution in [1.29, 1.82) is 0 Å². The first-order valence-electron chi connectivity index (χ1n) is 7.00. The van der Waals surface area contributed by atoms with Crippen LogP contribution in [0.5, 0.6) is 0 Å². The highest BCUT2D eigenvalue weighted by Crippen LogP contribution is 2.07. The van der Waals surface area contributed by atoms with E-state index in [0.717, 1.165) is 19.4 Å². The van der Waals surface area contributed by atoms with E-state index in [1.54, 1.807) is 7.11 Å². The molecule has 5 heteroatoms. The molecule has 19 heavy (non-hydrogen) atoms. The van der Waals surface area contributed by atoms with E-state index >= 15 is 0 Å². The van der Waals surface area contributed by atoms with Crippen LogP contribution in [0.25, 0.3) is 0 Å². The molecule has 1 amide bonds. The molecule has 2 unspecified atom stereocenters. The number of ether oxygens (including phenoxy) is 2. The van der Waals surface area contributed by atoms with Gasteiger partial charge >= 0.3 is 6.09 Å². The van der Waals surface area contributed by atoms with Gasteiger partial charge in [-0.05, 0) is 47.1 Å². The molecule has 0 saturated carbocycles. The minimum absolute atomic E-state index is 0.0856. The number of nitrogens with one attached hydrogen (secondary N) is 2. The first kappa shape index (κ1) is 18.2. The van der Waals surface area contributed by atoms with Gasteiger partial charge < -0.3 is 20.1 Å². The molecule has 0 heterocycles. The van der Waals surface area contributed by atoms with E-state index < -0.39 is 5.60 Å². The molecule has 0 saturated heterocycles. The Morgan fingerprint density at radius 2 is 1.95 bits per heavy atom. The molecular weight excluding hydrogens is 244 g/mol. The Bertz CT molecular complexity index is 252. The molecule has 0 aliphatic carbocycles. The summed E-state index contributed by atoms with van der Waals surface area (Å²) >= 11 is 0. The van der Waals surface area contributed by atoms with Gasteiger partial charge in [0.2, 0.25) is 0 Å². The Balaban J connectivity index is 3.80. The molecule has 0 aromatic heterocycles. The number of carbonyl (C=O) groups excluding carboxylic acids is 1. The summed E-state index contributed by atoms with van der Waals surface area (Å²) < 4.78 is 10.3. The maximum atomic E-state index is 11.6. The normalized spacial score (nSPS) is 14.8. The molecule has 0 aliphatic heterocycles. The van der Waals surface area contributed by atoms with Crippen LogP contribution in [0, 0.1) is 0 Å². The second kappa shape index (κ2) is 9.15. The summed E-state index contributed by atoms with van der Waals surface area (Å²) in [7, 11) is 1.71. The van der Waals surface area contributed by atoms with Crippen molar-refractivity contribution in [2.75, 3.05) is 20.3 Å². The topological polar surface area (TPSA) is 59.6 Å². The van der Waals surface area contributed by atoms with Gasteiger partial charge in [-0.3, -0.25) is 0 Å². The fourth-order valence-electron chi connectivity index (χ4n) is 1.61. The van der Waals surface area contributed by atoms with Gasteiger partial charge in [0.1, 0.15) is 5.60 Å². The molecule has 0 aromatic rings. The number of carbonyl (C=O) groups is 1. The van der Waals surface area contributed by atoms with E-state index in [1.165, 1.54) is 0 Å². The summed E-state index contributed by atoms with van der Waals surface area (Å²) in [5, 5.41) is 6.23. The third-order valence-corrected chi connectivity index (χ3v) is 2.63. The highest BCUT2D eigenvalue weighted by atomic mass is 16.6. The van der Waals surface area contributed by atoms with Gasteiger partial charge in [-0.1, -0.05) is 6.92 Å². The van der Waals surface area contributed by atoms with Crippen molar-refractivity contribution < 1.29 is 14.3 Å². The molecular formula is C14H30N2O3. The van der Waals surface area contributed by atoms with E-state index in [0.29, 0.717) is 12.6 Å². The van der Waals surface area contributed by atoms with Crippen LogP contribution in [0.15, 0.2) is 0 Å². The summed E-state index contributed by atoms with van der Waals surface area (Å²) in [6.45, 7) is 11.2. The van der Waals surface area contributed by atoms with Crippen LogP contribution in [0.1, 0.15) is 47.5 Å². The number of amides is 1. The molecule has 0 fully saturated rings. The van der Waals surface area contributed by atoms with Gasteiger partial charge in [-0.15, -0.1) is 0 Å². The zero-order valence-corrected chi connectivity index (χ0v) is 13.2. The average molecular weight is 274 g/mol. The number of hydrogen-bond donors (Lipinski definition) is 2. The number of methoxy groups -OCH3 is 1. The van der Waals surface area contributed by atoms with Crippen LogP contribution < -0.4 is 10.6 Å². The van der Waals surface area contributed by atoms with Crippen molar-refractivity contribution >= 4 is 6.09 Å². The lowest BCUT2D eigenvalue weighted by molar-refractivity contribution is 0.0506. The lowest BCUT2D eigenvalue weighted by atomic mass is 10.2. The van der Waals surface area contributed by atoms with E-state index in [1.807, 2.05) is 27.7 Å². The van der Waals surface area contributed by atoms with Crippen molar-refractivity contribution in [1.82, 2.24) is 10.6 Å². The van der Waals surface area contributed by atoms with Crippen LogP contribution in [0.4, 0.5) is 4.79 Å². The summed E-state index contributed by atoms with van der Waals surface area (Å²) in [5.41, 5.74) is -0.451. The third-order valence-electron chi connectivity index (χ3n) is 2.63. The van der Waals surface area contributed by atoms with Gasteiger partial charge in [0.05, 0.1) is 6.61 Å². The highest BCUT2D eigenvalue weighted by Gasteiger charge is 2.17. The van der Waals surface area contributed by atoms with Crippen molar-refractivity contribution in [2.24, 2.45) is 0 Å². The minimum atomic E-state index is -0.451. The molecule has 2 N–H and O–H groups in total. The number of rotatable bonds is 8. The minimum Gasteiger partial charge on any atom is -0.444 e. The van der Waals surface area contributed by atoms with Crippen molar-refractivity contribution in [3.05, 3.63) is 0 Å². The van der Waals surface area contributed by atoms with E-state index in [9.17, 15) is 4.79 Å². The smallest absolute Gasteiger partial charge is 0.407 e. The van der Waals surface area contributed by atoms with E-state index in [2.05, 4.69) is 17.6 Å². The molecule has 0 aliphatic rings. The first-order chi connectivity index (χ1) is 8.78. The van der Waals surface area contributed by atoms with E-state index in [-0.39, 0.29) is 12.1 Å².